The Morgan fingerprint density at radius 3 is 2.77 bits per heavy atom. The number of aromatic nitrogens is 1. The van der Waals surface area contributed by atoms with Crippen LogP contribution in [0.5, 0.6) is 11.5 Å². The van der Waals surface area contributed by atoms with Gasteiger partial charge in [0, 0.05) is 5.56 Å². The molecule has 3 N–H and O–H groups in total. The van der Waals surface area contributed by atoms with Crippen molar-refractivity contribution in [1.29, 1.82) is 0 Å². The van der Waals surface area contributed by atoms with E-state index in [2.05, 4.69) is 15.5 Å². The Morgan fingerprint density at radius 1 is 1.41 bits per heavy atom. The number of carbonyl (C=O) groups is 1. The van der Waals surface area contributed by atoms with Crippen LogP contribution < -0.4 is 20.6 Å². The van der Waals surface area contributed by atoms with Crippen molar-refractivity contribution < 1.29 is 14.3 Å². The summed E-state index contributed by atoms with van der Waals surface area (Å²) in [4.78, 5) is 16.4. The maximum Gasteiger partial charge on any atom is 0.283 e. The highest BCUT2D eigenvalue weighted by molar-refractivity contribution is 7.17. The van der Waals surface area contributed by atoms with Gasteiger partial charge < -0.3 is 15.2 Å². The number of anilines is 1. The van der Waals surface area contributed by atoms with Crippen molar-refractivity contribution in [3.05, 3.63) is 34.3 Å². The fraction of sp³-hybridized carbons (Fsp3) is 0.214. The van der Waals surface area contributed by atoms with Crippen molar-refractivity contribution in [1.82, 2.24) is 10.4 Å². The third kappa shape index (κ3) is 3.53. The predicted molar refractivity (Wildman–Crippen MR) is 85.9 cm³/mol. The van der Waals surface area contributed by atoms with Crippen molar-refractivity contribution in [3.8, 4) is 11.5 Å². The number of nitrogens with one attached hydrogen (secondary N) is 1. The maximum absolute atomic E-state index is 12.0. The highest BCUT2D eigenvalue weighted by Gasteiger charge is 2.13. The molecule has 1 amide bonds. The van der Waals surface area contributed by atoms with E-state index < -0.39 is 0 Å². The summed E-state index contributed by atoms with van der Waals surface area (Å²) in [5.41, 5.74) is 9.27. The zero-order valence-electron chi connectivity index (χ0n) is 12.4. The van der Waals surface area contributed by atoms with Crippen LogP contribution in [0.15, 0.2) is 23.3 Å². The summed E-state index contributed by atoms with van der Waals surface area (Å²) in [6.45, 7) is 1.72. The van der Waals surface area contributed by atoms with Gasteiger partial charge in [-0.3, -0.25) is 4.79 Å². The summed E-state index contributed by atoms with van der Waals surface area (Å²) in [5.74, 6) is 0.932. The number of nitrogens with zero attached hydrogens (tertiary/aromatic N) is 2. The van der Waals surface area contributed by atoms with Crippen LogP contribution in [-0.4, -0.2) is 31.3 Å². The van der Waals surface area contributed by atoms with Gasteiger partial charge in [-0.2, -0.15) is 5.10 Å². The molecule has 0 saturated carbocycles. The van der Waals surface area contributed by atoms with Crippen LogP contribution in [0, 0.1) is 6.92 Å². The SMILES string of the molecule is COc1ccc(OC)c(/C=N\NC(=O)c2sc(N)nc2C)c1. The van der Waals surface area contributed by atoms with Crippen LogP contribution in [0.4, 0.5) is 5.13 Å². The number of nitrogen functional groups attached to an aromatic ring is 1. The molecule has 0 radical (unpaired) electrons. The molecule has 2 rings (SSSR count). The minimum atomic E-state index is -0.357. The first kappa shape index (κ1) is 15.8. The van der Waals surface area contributed by atoms with E-state index in [9.17, 15) is 4.79 Å². The molecule has 0 aliphatic heterocycles. The Labute approximate surface area is 131 Å². The number of ether oxygens (including phenoxy) is 2. The second kappa shape index (κ2) is 6.90. The van der Waals surface area contributed by atoms with Crippen molar-refractivity contribution >= 4 is 28.6 Å². The van der Waals surface area contributed by atoms with Crippen LogP contribution in [0.2, 0.25) is 0 Å². The Balaban J connectivity index is 2.12. The first-order valence-electron chi connectivity index (χ1n) is 6.33. The van der Waals surface area contributed by atoms with E-state index >= 15 is 0 Å². The van der Waals surface area contributed by atoms with Gasteiger partial charge in [0.15, 0.2) is 5.13 Å². The molecule has 0 aliphatic rings. The largest absolute Gasteiger partial charge is 0.497 e. The average Bonchev–Trinajstić information content (AvgIpc) is 2.85. The monoisotopic (exact) mass is 320 g/mol. The molecule has 0 atom stereocenters. The number of thiazole rings is 1. The third-order valence-corrected chi connectivity index (χ3v) is 3.81. The number of benzene rings is 1. The second-order valence-electron chi connectivity index (χ2n) is 4.27. The normalized spacial score (nSPS) is 10.7. The molecule has 1 aromatic carbocycles. The molecular weight excluding hydrogens is 304 g/mol. The zero-order chi connectivity index (χ0) is 16.1. The van der Waals surface area contributed by atoms with E-state index in [0.717, 1.165) is 11.3 Å². The number of aryl methyl sites for hydroxylation is 1. The molecule has 7 nitrogen and oxygen atoms in total. The Hall–Kier alpha value is -2.61. The first-order chi connectivity index (χ1) is 10.5. The molecule has 0 spiro atoms. The summed E-state index contributed by atoms with van der Waals surface area (Å²) in [5, 5.41) is 4.28. The number of methoxy groups -OCH3 is 2. The predicted octanol–water partition coefficient (Wildman–Crippen LogP) is 1.81. The second-order valence-corrected chi connectivity index (χ2v) is 5.30. The highest BCUT2D eigenvalue weighted by atomic mass is 32.1. The van der Waals surface area contributed by atoms with Gasteiger partial charge in [0.05, 0.1) is 26.1 Å². The summed E-state index contributed by atoms with van der Waals surface area (Å²) in [6, 6.07) is 5.29. The van der Waals surface area contributed by atoms with Gasteiger partial charge in [-0.05, 0) is 25.1 Å². The Bertz CT molecular complexity index is 712. The fourth-order valence-corrected chi connectivity index (χ4v) is 2.50. The lowest BCUT2D eigenvalue weighted by molar-refractivity contribution is 0.0958. The highest BCUT2D eigenvalue weighted by Crippen LogP contribution is 2.22. The van der Waals surface area contributed by atoms with Crippen molar-refractivity contribution in [2.75, 3.05) is 20.0 Å². The van der Waals surface area contributed by atoms with Crippen LogP contribution in [0.1, 0.15) is 20.9 Å². The average molecular weight is 320 g/mol. The minimum absolute atomic E-state index is 0.348. The van der Waals surface area contributed by atoms with E-state index in [1.807, 2.05) is 0 Å². The number of hydrogen-bond donors (Lipinski definition) is 2. The summed E-state index contributed by atoms with van der Waals surface area (Å²) in [6.07, 6.45) is 1.49. The first-order valence-corrected chi connectivity index (χ1v) is 7.15. The molecule has 0 saturated heterocycles. The number of nitrogens with two attached hydrogens (primary N) is 1. The van der Waals surface area contributed by atoms with Crippen molar-refractivity contribution in [3.63, 3.8) is 0 Å². The molecule has 0 unspecified atom stereocenters. The molecular formula is C14H16N4O3S. The van der Waals surface area contributed by atoms with Gasteiger partial charge in [0.25, 0.3) is 5.91 Å². The van der Waals surface area contributed by atoms with Crippen molar-refractivity contribution in [2.45, 2.75) is 6.92 Å². The number of carbonyl (C=O) groups excluding carboxylic acids is 1. The Morgan fingerprint density at radius 2 is 2.18 bits per heavy atom. The molecule has 1 heterocycles. The fourth-order valence-electron chi connectivity index (χ4n) is 1.78. The van der Waals surface area contributed by atoms with Gasteiger partial charge in [0.1, 0.15) is 16.4 Å². The van der Waals surface area contributed by atoms with E-state index in [-0.39, 0.29) is 5.91 Å². The van der Waals surface area contributed by atoms with Gasteiger partial charge in [-0.15, -0.1) is 0 Å². The van der Waals surface area contributed by atoms with Gasteiger partial charge in [-0.25, -0.2) is 10.4 Å². The number of hydrogen-bond acceptors (Lipinski definition) is 7. The van der Waals surface area contributed by atoms with Crippen LogP contribution >= 0.6 is 11.3 Å². The molecule has 0 aliphatic carbocycles. The van der Waals surface area contributed by atoms with Crippen molar-refractivity contribution in [2.24, 2.45) is 5.10 Å². The molecule has 116 valence electrons. The number of hydrazone groups is 1. The lowest BCUT2D eigenvalue weighted by Gasteiger charge is -2.06. The van der Waals surface area contributed by atoms with E-state index in [1.165, 1.54) is 6.21 Å². The van der Waals surface area contributed by atoms with Gasteiger partial charge in [-0.1, -0.05) is 11.3 Å². The molecule has 8 heteroatoms. The summed E-state index contributed by atoms with van der Waals surface area (Å²) >= 11 is 1.12. The number of amides is 1. The molecule has 1 aromatic heterocycles. The standard InChI is InChI=1S/C14H16N4O3S/c1-8-12(22-14(15)17-8)13(19)18-16-7-9-6-10(20-2)4-5-11(9)21-3/h4-7H,1-3H3,(H2,15,17)(H,18,19)/b16-7-. The van der Waals surface area contributed by atoms with Gasteiger partial charge >= 0.3 is 0 Å². The van der Waals surface area contributed by atoms with E-state index in [4.69, 9.17) is 15.2 Å². The van der Waals surface area contributed by atoms with E-state index in [1.54, 1.807) is 39.3 Å². The molecule has 0 fully saturated rings. The topological polar surface area (TPSA) is 98.8 Å². The maximum atomic E-state index is 12.0. The smallest absolute Gasteiger partial charge is 0.283 e. The quantitative estimate of drug-likeness (QED) is 0.646. The summed E-state index contributed by atoms with van der Waals surface area (Å²) < 4.78 is 10.4. The minimum Gasteiger partial charge on any atom is -0.497 e. The molecule has 2 aromatic rings. The lowest BCUT2D eigenvalue weighted by atomic mass is 10.2. The van der Waals surface area contributed by atoms with Crippen LogP contribution in [0.3, 0.4) is 0 Å². The van der Waals surface area contributed by atoms with Crippen LogP contribution in [0.25, 0.3) is 0 Å². The molecule has 22 heavy (non-hydrogen) atoms. The van der Waals surface area contributed by atoms with Crippen LogP contribution in [-0.2, 0) is 0 Å². The van der Waals surface area contributed by atoms with Gasteiger partial charge in [0.2, 0.25) is 0 Å². The zero-order valence-corrected chi connectivity index (χ0v) is 13.2. The Kier molecular flexibility index (Phi) is 4.95. The summed E-state index contributed by atoms with van der Waals surface area (Å²) in [7, 11) is 3.13. The van der Waals surface area contributed by atoms with E-state index in [0.29, 0.717) is 32.8 Å². The molecule has 0 bridgehead atoms. The lowest BCUT2D eigenvalue weighted by Crippen LogP contribution is -2.17. The number of rotatable bonds is 5. The third-order valence-electron chi connectivity index (χ3n) is 2.83.